The van der Waals surface area contributed by atoms with Crippen molar-refractivity contribution in [3.05, 3.63) is 60.2 Å². The number of hydrogen-bond donors (Lipinski definition) is 0. The summed E-state index contributed by atoms with van der Waals surface area (Å²) in [5.41, 5.74) is 1.14. The minimum atomic E-state index is -0.00939. The highest BCUT2D eigenvalue weighted by Crippen LogP contribution is 2.31. The maximum Gasteiger partial charge on any atom is 0.127 e. The zero-order valence-corrected chi connectivity index (χ0v) is 11.0. The van der Waals surface area contributed by atoms with Crippen molar-refractivity contribution in [2.24, 2.45) is 0 Å². The zero-order valence-electron chi connectivity index (χ0n) is 11.0. The summed E-state index contributed by atoms with van der Waals surface area (Å²) in [4.78, 5) is 11.2. The molecular weight excluding hydrogens is 232 g/mol. The van der Waals surface area contributed by atoms with Gasteiger partial charge < -0.3 is 4.79 Å². The van der Waals surface area contributed by atoms with E-state index in [9.17, 15) is 4.79 Å². The molecule has 0 bridgehead atoms. The third kappa shape index (κ3) is 1.91. The standard InChI is InChI=1S/C18H16O/c1-2-13(12-19)15-8-5-9-17-16-7-4-3-6-14(16)10-11-18(15)17/h3-13H,2H2,1H3. The smallest absolute Gasteiger partial charge is 0.127 e. The molecule has 3 aromatic rings. The molecule has 0 aliphatic heterocycles. The van der Waals surface area contributed by atoms with Crippen LogP contribution >= 0.6 is 0 Å². The SMILES string of the molecule is CCC(C=O)c1cccc2c1ccc1ccccc12. The summed E-state index contributed by atoms with van der Waals surface area (Å²) < 4.78 is 0. The molecule has 1 unspecified atom stereocenters. The van der Waals surface area contributed by atoms with E-state index in [2.05, 4.69) is 61.5 Å². The highest BCUT2D eigenvalue weighted by molar-refractivity contribution is 6.08. The average molecular weight is 248 g/mol. The first kappa shape index (κ1) is 11.9. The summed E-state index contributed by atoms with van der Waals surface area (Å²) in [5.74, 6) is -0.00939. The molecule has 0 aliphatic carbocycles. The van der Waals surface area contributed by atoms with Crippen molar-refractivity contribution >= 4 is 27.8 Å². The summed E-state index contributed by atoms with van der Waals surface area (Å²) >= 11 is 0. The monoisotopic (exact) mass is 248 g/mol. The van der Waals surface area contributed by atoms with Gasteiger partial charge >= 0.3 is 0 Å². The van der Waals surface area contributed by atoms with Crippen molar-refractivity contribution in [1.29, 1.82) is 0 Å². The van der Waals surface area contributed by atoms with Crippen LogP contribution in [0.25, 0.3) is 21.5 Å². The lowest BCUT2D eigenvalue weighted by Crippen LogP contribution is -1.99. The molecule has 0 amide bonds. The van der Waals surface area contributed by atoms with Gasteiger partial charge in [0.15, 0.2) is 0 Å². The van der Waals surface area contributed by atoms with Gasteiger partial charge in [0.1, 0.15) is 6.29 Å². The fourth-order valence-corrected chi connectivity index (χ4v) is 2.78. The third-order valence-electron chi connectivity index (χ3n) is 3.82. The van der Waals surface area contributed by atoms with Crippen LogP contribution in [0.4, 0.5) is 0 Å². The fourth-order valence-electron chi connectivity index (χ4n) is 2.78. The Bertz CT molecular complexity index is 743. The van der Waals surface area contributed by atoms with E-state index < -0.39 is 0 Å². The lowest BCUT2D eigenvalue weighted by molar-refractivity contribution is -0.109. The van der Waals surface area contributed by atoms with E-state index in [-0.39, 0.29) is 5.92 Å². The van der Waals surface area contributed by atoms with Crippen LogP contribution in [0.5, 0.6) is 0 Å². The first-order chi connectivity index (χ1) is 9.35. The molecule has 94 valence electrons. The second kappa shape index (κ2) is 4.85. The van der Waals surface area contributed by atoms with Gasteiger partial charge in [-0.05, 0) is 33.5 Å². The van der Waals surface area contributed by atoms with Crippen LogP contribution in [0.2, 0.25) is 0 Å². The van der Waals surface area contributed by atoms with Crippen LogP contribution in [-0.4, -0.2) is 6.29 Å². The molecule has 1 heteroatoms. The zero-order chi connectivity index (χ0) is 13.2. The second-order valence-corrected chi connectivity index (χ2v) is 4.88. The summed E-state index contributed by atoms with van der Waals surface area (Å²) in [5, 5.41) is 4.92. The molecule has 0 radical (unpaired) electrons. The van der Waals surface area contributed by atoms with Gasteiger partial charge in [-0.1, -0.05) is 61.5 Å². The minimum Gasteiger partial charge on any atom is -0.303 e. The molecule has 3 aromatic carbocycles. The summed E-state index contributed by atoms with van der Waals surface area (Å²) in [6.07, 6.45) is 1.90. The molecule has 0 heterocycles. The highest BCUT2D eigenvalue weighted by atomic mass is 16.1. The second-order valence-electron chi connectivity index (χ2n) is 4.88. The van der Waals surface area contributed by atoms with Crippen LogP contribution in [0.15, 0.2) is 54.6 Å². The number of aldehydes is 1. The Morgan fingerprint density at radius 3 is 2.47 bits per heavy atom. The van der Waals surface area contributed by atoms with Gasteiger partial charge in [-0.3, -0.25) is 0 Å². The lowest BCUT2D eigenvalue weighted by Gasteiger charge is -2.13. The van der Waals surface area contributed by atoms with Gasteiger partial charge in [0.25, 0.3) is 0 Å². The van der Waals surface area contributed by atoms with Gasteiger partial charge in [-0.15, -0.1) is 0 Å². The predicted octanol–water partition coefficient (Wildman–Crippen LogP) is 4.69. The van der Waals surface area contributed by atoms with E-state index in [0.29, 0.717) is 0 Å². The first-order valence-corrected chi connectivity index (χ1v) is 6.71. The molecule has 1 atom stereocenters. The molecule has 3 rings (SSSR count). The summed E-state index contributed by atoms with van der Waals surface area (Å²) in [6.45, 7) is 2.05. The van der Waals surface area contributed by atoms with E-state index in [1.807, 2.05) is 0 Å². The molecule has 0 spiro atoms. The molecule has 0 saturated carbocycles. The topological polar surface area (TPSA) is 17.1 Å². The Hall–Kier alpha value is -2.15. The van der Waals surface area contributed by atoms with Crippen LogP contribution in [0, 0.1) is 0 Å². The Morgan fingerprint density at radius 1 is 0.895 bits per heavy atom. The van der Waals surface area contributed by atoms with Gasteiger partial charge in [0, 0.05) is 5.92 Å². The van der Waals surface area contributed by atoms with Gasteiger partial charge in [0.2, 0.25) is 0 Å². The predicted molar refractivity (Wildman–Crippen MR) is 80.6 cm³/mol. The fraction of sp³-hybridized carbons (Fsp3) is 0.167. The molecular formula is C18H16O. The van der Waals surface area contributed by atoms with Gasteiger partial charge in [-0.25, -0.2) is 0 Å². The van der Waals surface area contributed by atoms with Crippen molar-refractivity contribution in [3.8, 4) is 0 Å². The van der Waals surface area contributed by atoms with E-state index in [1.54, 1.807) is 0 Å². The first-order valence-electron chi connectivity index (χ1n) is 6.71. The van der Waals surface area contributed by atoms with Crippen molar-refractivity contribution in [3.63, 3.8) is 0 Å². The van der Waals surface area contributed by atoms with Crippen molar-refractivity contribution in [2.45, 2.75) is 19.3 Å². The third-order valence-corrected chi connectivity index (χ3v) is 3.82. The summed E-state index contributed by atoms with van der Waals surface area (Å²) in [7, 11) is 0. The molecule has 0 saturated heterocycles. The normalized spacial score (nSPS) is 12.7. The quantitative estimate of drug-likeness (QED) is 0.485. The Labute approximate surface area is 112 Å². The number of fused-ring (bicyclic) bond motifs is 3. The molecule has 19 heavy (non-hydrogen) atoms. The van der Waals surface area contributed by atoms with E-state index in [4.69, 9.17) is 0 Å². The number of hydrogen-bond acceptors (Lipinski definition) is 1. The lowest BCUT2D eigenvalue weighted by atomic mass is 9.91. The maximum absolute atomic E-state index is 11.2. The van der Waals surface area contributed by atoms with Crippen LogP contribution in [0.3, 0.4) is 0 Å². The average Bonchev–Trinajstić information content (AvgIpc) is 2.48. The van der Waals surface area contributed by atoms with Crippen LogP contribution < -0.4 is 0 Å². The van der Waals surface area contributed by atoms with Crippen LogP contribution in [-0.2, 0) is 4.79 Å². The van der Waals surface area contributed by atoms with Crippen molar-refractivity contribution < 1.29 is 4.79 Å². The largest absolute Gasteiger partial charge is 0.303 e. The highest BCUT2D eigenvalue weighted by Gasteiger charge is 2.12. The Balaban J connectivity index is 2.38. The van der Waals surface area contributed by atoms with Crippen LogP contribution in [0.1, 0.15) is 24.8 Å². The minimum absolute atomic E-state index is 0.00939. The Kier molecular flexibility index (Phi) is 3.04. The van der Waals surface area contributed by atoms with Crippen molar-refractivity contribution in [2.75, 3.05) is 0 Å². The number of carbonyl (C=O) groups excluding carboxylic acids is 1. The molecule has 0 aliphatic rings. The molecule has 0 aromatic heterocycles. The molecule has 1 nitrogen and oxygen atoms in total. The van der Waals surface area contributed by atoms with Gasteiger partial charge in [-0.2, -0.15) is 0 Å². The maximum atomic E-state index is 11.2. The molecule has 0 fully saturated rings. The Morgan fingerprint density at radius 2 is 1.68 bits per heavy atom. The summed E-state index contributed by atoms with van der Waals surface area (Å²) in [6, 6.07) is 18.9. The molecule has 0 N–H and O–H groups in total. The number of benzene rings is 3. The van der Waals surface area contributed by atoms with Crippen molar-refractivity contribution in [1.82, 2.24) is 0 Å². The van der Waals surface area contributed by atoms with E-state index in [0.717, 1.165) is 18.3 Å². The number of carbonyl (C=O) groups is 1. The number of rotatable bonds is 3. The van der Waals surface area contributed by atoms with E-state index >= 15 is 0 Å². The van der Waals surface area contributed by atoms with E-state index in [1.165, 1.54) is 21.5 Å². The van der Waals surface area contributed by atoms with Gasteiger partial charge in [0.05, 0.1) is 0 Å².